The number of carbonyl (C=O) groups excluding carboxylic acids is 2. The number of ether oxygens (including phenoxy) is 2. The number of hydrogen-bond acceptors (Lipinski definition) is 4. The summed E-state index contributed by atoms with van der Waals surface area (Å²) < 4.78 is 25.0. The van der Waals surface area contributed by atoms with Crippen molar-refractivity contribution in [3.05, 3.63) is 83.7 Å². The minimum Gasteiger partial charge on any atom is -0.497 e. The van der Waals surface area contributed by atoms with E-state index in [0.717, 1.165) is 0 Å². The molecule has 31 heavy (non-hydrogen) atoms. The predicted octanol–water partition coefficient (Wildman–Crippen LogP) is 4.40. The fourth-order valence-corrected chi connectivity index (χ4v) is 3.39. The lowest BCUT2D eigenvalue weighted by Gasteiger charge is -2.33. The summed E-state index contributed by atoms with van der Waals surface area (Å²) in [6.45, 7) is 1.71. The van der Waals surface area contributed by atoms with Crippen LogP contribution in [0.25, 0.3) is 0 Å². The van der Waals surface area contributed by atoms with Gasteiger partial charge in [-0.25, -0.2) is 4.39 Å². The normalized spacial score (nSPS) is 15.1. The Morgan fingerprint density at radius 2 is 1.87 bits per heavy atom. The quantitative estimate of drug-likeness (QED) is 0.664. The highest BCUT2D eigenvalue weighted by molar-refractivity contribution is 6.05. The number of methoxy groups -OCH3 is 1. The Morgan fingerprint density at radius 1 is 1.13 bits per heavy atom. The minimum atomic E-state index is -0.695. The molecule has 0 saturated carbocycles. The first-order valence-corrected chi connectivity index (χ1v) is 9.77. The van der Waals surface area contributed by atoms with E-state index >= 15 is 0 Å². The van der Waals surface area contributed by atoms with E-state index < -0.39 is 6.10 Å². The largest absolute Gasteiger partial charge is 0.497 e. The van der Waals surface area contributed by atoms with Gasteiger partial charge >= 0.3 is 0 Å². The summed E-state index contributed by atoms with van der Waals surface area (Å²) in [4.78, 5) is 26.9. The van der Waals surface area contributed by atoms with Crippen LogP contribution in [0.3, 0.4) is 0 Å². The van der Waals surface area contributed by atoms with E-state index in [9.17, 15) is 14.0 Å². The van der Waals surface area contributed by atoms with Gasteiger partial charge < -0.3 is 19.7 Å². The van der Waals surface area contributed by atoms with E-state index in [1.165, 1.54) is 11.0 Å². The monoisotopic (exact) mass is 420 g/mol. The molecule has 0 fully saturated rings. The molecule has 158 valence electrons. The van der Waals surface area contributed by atoms with Gasteiger partial charge in [0.25, 0.3) is 11.8 Å². The van der Waals surface area contributed by atoms with Gasteiger partial charge in [0, 0.05) is 16.8 Å². The smallest absolute Gasteiger partial charge is 0.268 e. The van der Waals surface area contributed by atoms with Crippen LogP contribution in [0.1, 0.15) is 22.8 Å². The first-order chi connectivity index (χ1) is 15.0. The molecule has 0 aromatic heterocycles. The zero-order valence-electron chi connectivity index (χ0n) is 17.1. The van der Waals surface area contributed by atoms with E-state index in [1.807, 2.05) is 0 Å². The highest BCUT2D eigenvalue weighted by Gasteiger charge is 2.32. The summed E-state index contributed by atoms with van der Waals surface area (Å²) in [6.07, 6.45) is -0.695. The average Bonchev–Trinajstić information content (AvgIpc) is 2.78. The van der Waals surface area contributed by atoms with Crippen LogP contribution in [0, 0.1) is 5.82 Å². The van der Waals surface area contributed by atoms with Gasteiger partial charge in [0.2, 0.25) is 0 Å². The van der Waals surface area contributed by atoms with E-state index in [0.29, 0.717) is 34.0 Å². The van der Waals surface area contributed by atoms with Crippen molar-refractivity contribution in [1.29, 1.82) is 0 Å². The summed E-state index contributed by atoms with van der Waals surface area (Å²) in [5.41, 5.74) is 1.81. The van der Waals surface area contributed by atoms with Gasteiger partial charge in [0.15, 0.2) is 6.10 Å². The van der Waals surface area contributed by atoms with E-state index in [-0.39, 0.29) is 24.2 Å². The Kier molecular flexibility index (Phi) is 5.58. The number of halogens is 1. The van der Waals surface area contributed by atoms with Crippen LogP contribution >= 0.6 is 0 Å². The van der Waals surface area contributed by atoms with Crippen molar-refractivity contribution >= 4 is 23.2 Å². The Morgan fingerprint density at radius 3 is 2.58 bits per heavy atom. The maximum absolute atomic E-state index is 14.2. The Hall–Kier alpha value is -3.87. The molecule has 1 unspecified atom stereocenters. The first kappa shape index (κ1) is 20.4. The van der Waals surface area contributed by atoms with Gasteiger partial charge in [-0.3, -0.25) is 9.59 Å². The van der Waals surface area contributed by atoms with E-state index in [1.54, 1.807) is 74.7 Å². The maximum Gasteiger partial charge on any atom is 0.268 e. The summed E-state index contributed by atoms with van der Waals surface area (Å²) in [5, 5.41) is 2.82. The second-order valence-electron chi connectivity index (χ2n) is 7.14. The molecule has 3 aromatic rings. The molecule has 3 aromatic carbocycles. The van der Waals surface area contributed by atoms with Crippen molar-refractivity contribution in [3.63, 3.8) is 0 Å². The lowest BCUT2D eigenvalue weighted by atomic mass is 10.1. The number of nitrogens with zero attached hydrogens (tertiary/aromatic N) is 1. The number of hydrogen-bond donors (Lipinski definition) is 1. The third-order valence-electron chi connectivity index (χ3n) is 5.06. The zero-order valence-corrected chi connectivity index (χ0v) is 17.1. The molecular formula is C24H21FN2O4. The van der Waals surface area contributed by atoms with Gasteiger partial charge in [0.05, 0.1) is 19.3 Å². The molecule has 4 rings (SSSR count). The predicted molar refractivity (Wildman–Crippen MR) is 115 cm³/mol. The van der Waals surface area contributed by atoms with Crippen molar-refractivity contribution < 1.29 is 23.5 Å². The third kappa shape index (κ3) is 4.21. The van der Waals surface area contributed by atoms with Crippen LogP contribution < -0.4 is 19.7 Å². The molecular weight excluding hydrogens is 399 g/mol. The number of fused-ring (bicyclic) bond motifs is 1. The summed E-state index contributed by atoms with van der Waals surface area (Å²) in [7, 11) is 1.56. The van der Waals surface area contributed by atoms with E-state index in [4.69, 9.17) is 9.47 Å². The highest BCUT2D eigenvalue weighted by Crippen LogP contribution is 2.37. The van der Waals surface area contributed by atoms with Gasteiger partial charge in [-0.1, -0.05) is 18.2 Å². The molecule has 1 heterocycles. The molecule has 0 aliphatic carbocycles. The molecule has 0 bridgehead atoms. The average molecular weight is 420 g/mol. The molecule has 0 saturated heterocycles. The van der Waals surface area contributed by atoms with Crippen LogP contribution in [0.15, 0.2) is 66.7 Å². The molecule has 0 spiro atoms. The third-order valence-corrected chi connectivity index (χ3v) is 5.06. The molecule has 1 N–H and O–H groups in total. The van der Waals surface area contributed by atoms with Gasteiger partial charge in [0.1, 0.15) is 17.3 Å². The number of amides is 2. The van der Waals surface area contributed by atoms with E-state index in [2.05, 4.69) is 5.32 Å². The molecule has 1 aliphatic heterocycles. The van der Waals surface area contributed by atoms with Crippen molar-refractivity contribution in [3.8, 4) is 11.5 Å². The number of benzene rings is 3. The maximum atomic E-state index is 14.2. The number of anilines is 2. The van der Waals surface area contributed by atoms with Gasteiger partial charge in [-0.15, -0.1) is 0 Å². The van der Waals surface area contributed by atoms with Gasteiger partial charge in [-0.2, -0.15) is 0 Å². The number of nitrogens with one attached hydrogen (secondary N) is 1. The summed E-state index contributed by atoms with van der Waals surface area (Å²) in [5.74, 6) is 0.166. The lowest BCUT2D eigenvalue weighted by Crippen LogP contribution is -2.44. The van der Waals surface area contributed by atoms with Crippen LogP contribution in [0.4, 0.5) is 15.8 Å². The molecule has 0 radical (unpaired) electrons. The fourth-order valence-electron chi connectivity index (χ4n) is 3.39. The lowest BCUT2D eigenvalue weighted by molar-refractivity contribution is -0.125. The molecule has 2 amide bonds. The fraction of sp³-hybridized carbons (Fsp3) is 0.167. The number of rotatable bonds is 5. The first-order valence-electron chi connectivity index (χ1n) is 9.77. The minimum absolute atomic E-state index is 0.0576. The topological polar surface area (TPSA) is 67.9 Å². The molecule has 6 nitrogen and oxygen atoms in total. The van der Waals surface area contributed by atoms with Crippen LogP contribution in [0.2, 0.25) is 0 Å². The molecule has 1 aliphatic rings. The van der Waals surface area contributed by atoms with Crippen molar-refractivity contribution in [2.24, 2.45) is 0 Å². The second-order valence-corrected chi connectivity index (χ2v) is 7.14. The summed E-state index contributed by atoms with van der Waals surface area (Å²) in [6, 6.07) is 18.1. The summed E-state index contributed by atoms with van der Waals surface area (Å²) >= 11 is 0. The number of carbonyl (C=O) groups is 2. The highest BCUT2D eigenvalue weighted by atomic mass is 19.1. The Labute approximate surface area is 179 Å². The molecule has 7 heteroatoms. The van der Waals surface area contributed by atoms with Crippen LogP contribution in [-0.4, -0.2) is 25.0 Å². The second kappa shape index (κ2) is 8.47. The standard InChI is InChI=1S/C24H21FN2O4/c1-15-24(29)27(14-17-5-3-4-6-20(17)25)21-13-18(9-12-22(21)31-15)26-23(28)16-7-10-19(30-2)11-8-16/h3-13,15H,14H2,1-2H3,(H,26,28). The SMILES string of the molecule is COc1ccc(C(=O)Nc2ccc3c(c2)N(Cc2ccccc2F)C(=O)C(C)O3)cc1. The van der Waals surface area contributed by atoms with Crippen LogP contribution in [-0.2, 0) is 11.3 Å². The van der Waals surface area contributed by atoms with Crippen molar-refractivity contribution in [1.82, 2.24) is 0 Å². The molecule has 1 atom stereocenters. The van der Waals surface area contributed by atoms with Crippen molar-refractivity contribution in [2.45, 2.75) is 19.6 Å². The Balaban J connectivity index is 1.61. The van der Waals surface area contributed by atoms with Crippen LogP contribution in [0.5, 0.6) is 11.5 Å². The zero-order chi connectivity index (χ0) is 22.0. The Bertz CT molecular complexity index is 1130. The van der Waals surface area contributed by atoms with Gasteiger partial charge in [-0.05, 0) is 55.5 Å². The van der Waals surface area contributed by atoms with Crippen molar-refractivity contribution in [2.75, 3.05) is 17.3 Å².